The van der Waals surface area contributed by atoms with Gasteiger partial charge in [0.15, 0.2) is 0 Å². The van der Waals surface area contributed by atoms with E-state index in [9.17, 15) is 24.5 Å². The highest BCUT2D eigenvalue weighted by Crippen LogP contribution is 2.30. The van der Waals surface area contributed by atoms with Crippen LogP contribution in [0.15, 0.2) is 0 Å². The van der Waals surface area contributed by atoms with Crippen LogP contribution >= 0.6 is 11.8 Å². The molecule has 0 unspecified atom stereocenters. The highest BCUT2D eigenvalue weighted by Gasteiger charge is 2.47. The number of halogens is 1. The lowest BCUT2D eigenvalue weighted by Crippen LogP contribution is -2.65. The number of amides is 1. The standard InChI is InChI=1S/C20H37FN2O5S/c1-11(2)14(18-16(25)15(24)17(26)20(28-18)29-3)23-19(27)13-10-12(7-9-22-13)6-4-5-8-21/h11-18,20,22,24-26H,4-10H2,1-3H3,(H,23,27)/t12-,13+,14-,15+,16-,17-,18-,20-/m1/s1. The van der Waals surface area contributed by atoms with Gasteiger partial charge in [0.2, 0.25) is 5.91 Å². The van der Waals surface area contributed by atoms with E-state index in [-0.39, 0.29) is 24.5 Å². The van der Waals surface area contributed by atoms with Gasteiger partial charge in [-0.1, -0.05) is 26.7 Å². The number of nitrogens with one attached hydrogen (secondary N) is 2. The maximum absolute atomic E-state index is 12.9. The topological polar surface area (TPSA) is 111 Å². The van der Waals surface area contributed by atoms with Crippen LogP contribution in [0.1, 0.15) is 46.0 Å². The van der Waals surface area contributed by atoms with Crippen molar-refractivity contribution in [2.24, 2.45) is 11.8 Å². The van der Waals surface area contributed by atoms with Crippen LogP contribution in [0.5, 0.6) is 0 Å². The molecular weight excluding hydrogens is 399 g/mol. The van der Waals surface area contributed by atoms with Crippen LogP contribution in [-0.2, 0) is 9.53 Å². The van der Waals surface area contributed by atoms with Crippen LogP contribution in [0.2, 0.25) is 0 Å². The van der Waals surface area contributed by atoms with Crippen molar-refractivity contribution in [1.82, 2.24) is 10.6 Å². The van der Waals surface area contributed by atoms with Gasteiger partial charge < -0.3 is 30.7 Å². The third kappa shape index (κ3) is 6.51. The lowest BCUT2D eigenvalue weighted by molar-refractivity contribution is -0.208. The molecule has 0 saturated carbocycles. The summed E-state index contributed by atoms with van der Waals surface area (Å²) in [6.45, 7) is 4.28. The Morgan fingerprint density at radius 3 is 2.59 bits per heavy atom. The molecule has 29 heavy (non-hydrogen) atoms. The number of carbonyl (C=O) groups is 1. The highest BCUT2D eigenvalue weighted by molar-refractivity contribution is 7.99. The van der Waals surface area contributed by atoms with Gasteiger partial charge in [0.1, 0.15) is 29.9 Å². The smallest absolute Gasteiger partial charge is 0.237 e. The van der Waals surface area contributed by atoms with E-state index in [1.807, 2.05) is 13.8 Å². The van der Waals surface area contributed by atoms with Gasteiger partial charge in [-0.05, 0) is 43.9 Å². The summed E-state index contributed by atoms with van der Waals surface area (Å²) < 4.78 is 18.2. The van der Waals surface area contributed by atoms with E-state index in [2.05, 4.69) is 10.6 Å². The predicted octanol–water partition coefficient (Wildman–Crippen LogP) is 0.806. The van der Waals surface area contributed by atoms with Crippen molar-refractivity contribution in [2.45, 2.75) is 87.9 Å². The van der Waals surface area contributed by atoms with Crippen molar-refractivity contribution >= 4 is 17.7 Å². The van der Waals surface area contributed by atoms with E-state index in [0.29, 0.717) is 18.8 Å². The average Bonchev–Trinajstić information content (AvgIpc) is 2.71. The van der Waals surface area contributed by atoms with Gasteiger partial charge in [-0.25, -0.2) is 0 Å². The van der Waals surface area contributed by atoms with Gasteiger partial charge in [0.05, 0.1) is 18.8 Å². The Labute approximate surface area is 177 Å². The average molecular weight is 437 g/mol. The molecule has 9 heteroatoms. The normalized spacial score (nSPS) is 36.8. The van der Waals surface area contributed by atoms with Crippen molar-refractivity contribution in [1.29, 1.82) is 0 Å². The summed E-state index contributed by atoms with van der Waals surface area (Å²) in [5.74, 6) is 0.189. The molecule has 8 atom stereocenters. The minimum atomic E-state index is -1.34. The van der Waals surface area contributed by atoms with E-state index in [1.54, 1.807) is 6.26 Å². The summed E-state index contributed by atoms with van der Waals surface area (Å²) in [4.78, 5) is 12.9. The number of thioether (sulfide) groups is 1. The number of alkyl halides is 1. The van der Waals surface area contributed by atoms with Crippen LogP contribution in [-0.4, -0.2) is 82.6 Å². The summed E-state index contributed by atoms with van der Waals surface area (Å²) in [5.41, 5.74) is -0.677. The molecule has 0 aliphatic carbocycles. The third-order valence-corrected chi connectivity index (χ3v) is 6.90. The second kappa shape index (κ2) is 11.8. The maximum atomic E-state index is 12.9. The molecule has 2 rings (SSSR count). The van der Waals surface area contributed by atoms with E-state index in [0.717, 1.165) is 25.8 Å². The molecular formula is C20H37FN2O5S. The SMILES string of the molecule is CS[C@H]1O[C@H]([C@H](NC(=O)[C@@H]2C[C@H](CCCCF)CCN2)C(C)C)[C@H](O)[C@H](O)[C@H]1O. The number of hydrogen-bond donors (Lipinski definition) is 5. The summed E-state index contributed by atoms with van der Waals surface area (Å²) in [6.07, 6.45) is 1.12. The molecule has 0 radical (unpaired) electrons. The van der Waals surface area contributed by atoms with Gasteiger partial charge >= 0.3 is 0 Å². The molecule has 0 spiro atoms. The monoisotopic (exact) mass is 436 g/mol. The van der Waals surface area contributed by atoms with Crippen LogP contribution in [0, 0.1) is 11.8 Å². The first-order valence-electron chi connectivity index (χ1n) is 10.6. The van der Waals surface area contributed by atoms with Gasteiger partial charge in [-0.2, -0.15) is 0 Å². The van der Waals surface area contributed by atoms with E-state index in [4.69, 9.17) is 4.74 Å². The first-order chi connectivity index (χ1) is 13.8. The zero-order chi connectivity index (χ0) is 21.6. The fourth-order valence-corrected chi connectivity index (χ4v) is 4.92. The number of rotatable bonds is 9. The molecule has 5 N–H and O–H groups in total. The van der Waals surface area contributed by atoms with Crippen molar-refractivity contribution in [2.75, 3.05) is 19.5 Å². The van der Waals surface area contributed by atoms with Crippen molar-refractivity contribution in [3.63, 3.8) is 0 Å². The molecule has 0 aromatic carbocycles. The molecule has 2 aliphatic rings. The summed E-state index contributed by atoms with van der Waals surface area (Å²) >= 11 is 1.25. The number of unbranched alkanes of at least 4 members (excludes halogenated alkanes) is 1. The minimum Gasteiger partial charge on any atom is -0.388 e. The fourth-order valence-electron chi connectivity index (χ4n) is 4.24. The number of carbonyl (C=O) groups excluding carboxylic acids is 1. The first kappa shape index (κ1) is 24.8. The van der Waals surface area contributed by atoms with Gasteiger partial charge in [0, 0.05) is 0 Å². The Bertz CT molecular complexity index is 513. The van der Waals surface area contributed by atoms with Gasteiger partial charge in [-0.15, -0.1) is 11.8 Å². The van der Waals surface area contributed by atoms with Crippen molar-refractivity contribution in [3.05, 3.63) is 0 Å². The van der Waals surface area contributed by atoms with Crippen LogP contribution in [0.4, 0.5) is 4.39 Å². The molecule has 2 aliphatic heterocycles. The molecule has 0 aromatic heterocycles. The number of hydrogen-bond acceptors (Lipinski definition) is 7. The van der Waals surface area contributed by atoms with E-state index in [1.165, 1.54) is 11.8 Å². The molecule has 2 heterocycles. The second-order valence-electron chi connectivity index (χ2n) is 8.54. The van der Waals surface area contributed by atoms with Crippen molar-refractivity contribution < 1.29 is 29.2 Å². The third-order valence-electron chi connectivity index (χ3n) is 6.04. The Kier molecular flexibility index (Phi) is 10.1. The Morgan fingerprint density at radius 2 is 1.97 bits per heavy atom. The number of piperidine rings is 1. The maximum Gasteiger partial charge on any atom is 0.237 e. The van der Waals surface area contributed by atoms with Crippen LogP contribution < -0.4 is 10.6 Å². The Hall–Kier alpha value is -0.450. The van der Waals surface area contributed by atoms with Gasteiger partial charge in [0.25, 0.3) is 0 Å². The lowest BCUT2D eigenvalue weighted by Gasteiger charge is -2.44. The molecule has 7 nitrogen and oxygen atoms in total. The molecule has 1 amide bonds. The van der Waals surface area contributed by atoms with Crippen molar-refractivity contribution in [3.8, 4) is 0 Å². The van der Waals surface area contributed by atoms with E-state index >= 15 is 0 Å². The Balaban J connectivity index is 2.01. The Morgan fingerprint density at radius 1 is 1.24 bits per heavy atom. The van der Waals surface area contributed by atoms with Gasteiger partial charge in [-0.3, -0.25) is 9.18 Å². The molecule has 0 aromatic rings. The highest BCUT2D eigenvalue weighted by atomic mass is 32.2. The quantitative estimate of drug-likeness (QED) is 0.340. The predicted molar refractivity (Wildman–Crippen MR) is 111 cm³/mol. The zero-order valence-corrected chi connectivity index (χ0v) is 18.4. The molecule has 170 valence electrons. The van der Waals surface area contributed by atoms with Crippen LogP contribution in [0.25, 0.3) is 0 Å². The van der Waals surface area contributed by atoms with Crippen LogP contribution in [0.3, 0.4) is 0 Å². The van der Waals surface area contributed by atoms with E-state index < -0.39 is 35.9 Å². The summed E-state index contributed by atoms with van der Waals surface area (Å²) in [5, 5.41) is 37.0. The number of ether oxygens (including phenoxy) is 1. The fraction of sp³-hybridized carbons (Fsp3) is 0.950. The second-order valence-corrected chi connectivity index (χ2v) is 9.47. The molecule has 0 bridgehead atoms. The number of aliphatic hydroxyl groups is 3. The number of aliphatic hydroxyl groups excluding tert-OH is 3. The summed E-state index contributed by atoms with van der Waals surface area (Å²) in [7, 11) is 0. The minimum absolute atomic E-state index is 0.0486. The lowest BCUT2D eigenvalue weighted by atomic mass is 9.86. The molecule has 2 saturated heterocycles. The summed E-state index contributed by atoms with van der Waals surface area (Å²) in [6, 6.07) is -0.851. The molecule has 2 fully saturated rings. The largest absolute Gasteiger partial charge is 0.388 e. The first-order valence-corrected chi connectivity index (χ1v) is 11.9. The zero-order valence-electron chi connectivity index (χ0n) is 17.6.